The highest BCUT2D eigenvalue weighted by atomic mass is 32.1. The molecule has 0 spiro atoms. The van der Waals surface area contributed by atoms with Gasteiger partial charge in [-0.05, 0) is 74.5 Å². The second kappa shape index (κ2) is 6.20. The van der Waals surface area contributed by atoms with Crippen LogP contribution in [0.1, 0.15) is 79.1 Å². The lowest BCUT2D eigenvalue weighted by molar-refractivity contribution is 0.0420. The molecule has 2 fully saturated rings. The van der Waals surface area contributed by atoms with E-state index in [1.165, 1.54) is 51.4 Å². The van der Waals surface area contributed by atoms with Crippen LogP contribution in [0.15, 0.2) is 0 Å². The van der Waals surface area contributed by atoms with E-state index in [4.69, 9.17) is 18.4 Å². The van der Waals surface area contributed by atoms with Gasteiger partial charge in [-0.25, -0.2) is 0 Å². The molecule has 0 atom stereocenters. The summed E-state index contributed by atoms with van der Waals surface area (Å²) >= 11 is 4.80. The highest BCUT2D eigenvalue weighted by Crippen LogP contribution is 2.50. The summed E-state index contributed by atoms with van der Waals surface area (Å²) < 4.78 is 0.201. The third-order valence-corrected chi connectivity index (χ3v) is 6.97. The Bertz CT molecular complexity index is 302. The van der Waals surface area contributed by atoms with E-state index in [0.29, 0.717) is 11.5 Å². The van der Waals surface area contributed by atoms with E-state index in [1.54, 1.807) is 0 Å². The maximum atomic E-state index is 6.08. The van der Waals surface area contributed by atoms with Crippen molar-refractivity contribution in [1.82, 2.24) is 0 Å². The normalized spacial score (nSPS) is 36.9. The van der Waals surface area contributed by atoms with Gasteiger partial charge in [-0.1, -0.05) is 27.7 Å². The first-order valence-corrected chi connectivity index (χ1v) is 9.14. The third-order valence-electron chi connectivity index (χ3n) is 6.60. The molecular formula is C18H35NS. The Labute approximate surface area is 131 Å². The summed E-state index contributed by atoms with van der Waals surface area (Å²) in [4.78, 5) is 0. The van der Waals surface area contributed by atoms with Crippen LogP contribution in [0, 0.1) is 23.2 Å². The molecule has 0 aromatic carbocycles. The minimum atomic E-state index is 0.201. The van der Waals surface area contributed by atoms with Crippen LogP contribution in [-0.4, -0.2) is 10.8 Å². The average Bonchev–Trinajstić information content (AvgIpc) is 2.38. The fourth-order valence-electron chi connectivity index (χ4n) is 4.74. The molecule has 0 bridgehead atoms. The van der Waals surface area contributed by atoms with Crippen molar-refractivity contribution >= 4 is 12.6 Å². The van der Waals surface area contributed by atoms with Crippen molar-refractivity contribution in [3.63, 3.8) is 0 Å². The summed E-state index contributed by atoms with van der Waals surface area (Å²) in [6, 6.07) is 0.475. The minimum Gasteiger partial charge on any atom is -0.328 e. The summed E-state index contributed by atoms with van der Waals surface area (Å²) in [5.41, 5.74) is 6.58. The zero-order valence-electron chi connectivity index (χ0n) is 14.0. The Balaban J connectivity index is 1.91. The number of thiol groups is 1. The fraction of sp³-hybridized carbons (Fsp3) is 1.00. The van der Waals surface area contributed by atoms with Gasteiger partial charge in [0.25, 0.3) is 0 Å². The standard InChI is InChI=1S/C18H35NS/c1-17(2,14-9-11-16(19)12-10-14)13-5-7-15(8-6-13)18(3,4)20/h13-16,20H,5-12,19H2,1-4H3. The molecule has 2 heteroatoms. The monoisotopic (exact) mass is 297 g/mol. The van der Waals surface area contributed by atoms with Crippen molar-refractivity contribution in [3.8, 4) is 0 Å². The van der Waals surface area contributed by atoms with Crippen LogP contribution < -0.4 is 5.73 Å². The minimum absolute atomic E-state index is 0.201. The topological polar surface area (TPSA) is 26.0 Å². The van der Waals surface area contributed by atoms with E-state index >= 15 is 0 Å². The zero-order valence-corrected chi connectivity index (χ0v) is 14.9. The van der Waals surface area contributed by atoms with Gasteiger partial charge in [0.1, 0.15) is 0 Å². The molecule has 0 aromatic rings. The van der Waals surface area contributed by atoms with Crippen LogP contribution in [0.3, 0.4) is 0 Å². The molecule has 0 aliphatic heterocycles. The SMILES string of the molecule is CC(C)(S)C1CCC(C(C)(C)C2CCC(N)CC2)CC1. The van der Waals surface area contributed by atoms with Crippen molar-refractivity contribution in [2.24, 2.45) is 28.9 Å². The van der Waals surface area contributed by atoms with Crippen molar-refractivity contribution in [1.29, 1.82) is 0 Å². The molecule has 0 amide bonds. The second-order valence-corrected chi connectivity index (χ2v) is 9.79. The summed E-state index contributed by atoms with van der Waals surface area (Å²) in [5, 5.41) is 0. The number of rotatable bonds is 3. The van der Waals surface area contributed by atoms with Crippen molar-refractivity contribution in [3.05, 3.63) is 0 Å². The smallest absolute Gasteiger partial charge is 0.0101 e. The van der Waals surface area contributed by atoms with Crippen LogP contribution in [0.2, 0.25) is 0 Å². The first-order chi connectivity index (χ1) is 9.21. The van der Waals surface area contributed by atoms with Gasteiger partial charge in [0, 0.05) is 10.8 Å². The van der Waals surface area contributed by atoms with Crippen molar-refractivity contribution in [2.45, 2.75) is 89.9 Å². The Morgan fingerprint density at radius 3 is 1.45 bits per heavy atom. The van der Waals surface area contributed by atoms with Crippen LogP contribution in [0.25, 0.3) is 0 Å². The van der Waals surface area contributed by atoms with Gasteiger partial charge in [0.05, 0.1) is 0 Å². The van der Waals surface area contributed by atoms with Crippen molar-refractivity contribution < 1.29 is 0 Å². The van der Waals surface area contributed by atoms with E-state index in [-0.39, 0.29) is 4.75 Å². The molecule has 0 unspecified atom stereocenters. The van der Waals surface area contributed by atoms with Crippen molar-refractivity contribution in [2.75, 3.05) is 0 Å². The summed E-state index contributed by atoms with van der Waals surface area (Å²) in [5.74, 6) is 2.61. The Kier molecular flexibility index (Phi) is 5.17. The summed E-state index contributed by atoms with van der Waals surface area (Å²) in [6.07, 6.45) is 10.8. The first kappa shape index (κ1) is 16.7. The van der Waals surface area contributed by atoms with E-state index < -0.39 is 0 Å². The largest absolute Gasteiger partial charge is 0.328 e. The third kappa shape index (κ3) is 3.74. The van der Waals surface area contributed by atoms with Crippen LogP contribution in [-0.2, 0) is 0 Å². The number of hydrogen-bond donors (Lipinski definition) is 2. The number of nitrogens with two attached hydrogens (primary N) is 1. The molecule has 2 aliphatic rings. The molecule has 0 saturated heterocycles. The lowest BCUT2D eigenvalue weighted by atomic mass is 9.59. The zero-order chi connectivity index (χ0) is 15.0. The molecule has 2 rings (SSSR count). The van der Waals surface area contributed by atoms with E-state index in [9.17, 15) is 0 Å². The summed E-state index contributed by atoms with van der Waals surface area (Å²) in [6.45, 7) is 9.64. The van der Waals surface area contributed by atoms with Gasteiger partial charge in [-0.3, -0.25) is 0 Å². The van der Waals surface area contributed by atoms with Gasteiger partial charge in [0.15, 0.2) is 0 Å². The van der Waals surface area contributed by atoms with E-state index in [0.717, 1.165) is 17.8 Å². The average molecular weight is 298 g/mol. The molecule has 2 saturated carbocycles. The molecule has 20 heavy (non-hydrogen) atoms. The molecule has 118 valence electrons. The number of hydrogen-bond acceptors (Lipinski definition) is 2. The van der Waals surface area contributed by atoms with E-state index in [1.807, 2.05) is 0 Å². The van der Waals surface area contributed by atoms with Crippen LogP contribution in [0.5, 0.6) is 0 Å². The Hall–Kier alpha value is 0.310. The van der Waals surface area contributed by atoms with Gasteiger partial charge < -0.3 is 5.73 Å². The van der Waals surface area contributed by atoms with Crippen LogP contribution in [0.4, 0.5) is 0 Å². The van der Waals surface area contributed by atoms with Gasteiger partial charge in [0.2, 0.25) is 0 Å². The highest BCUT2D eigenvalue weighted by Gasteiger charge is 2.41. The quantitative estimate of drug-likeness (QED) is 0.701. The lowest BCUT2D eigenvalue weighted by Crippen LogP contribution is -2.40. The molecule has 0 aromatic heterocycles. The predicted octanol–water partition coefficient (Wildman–Crippen LogP) is 5.04. The van der Waals surface area contributed by atoms with Gasteiger partial charge in [-0.15, -0.1) is 0 Å². The second-order valence-electron chi connectivity index (χ2n) is 8.64. The Morgan fingerprint density at radius 1 is 0.700 bits per heavy atom. The highest BCUT2D eigenvalue weighted by molar-refractivity contribution is 7.81. The maximum Gasteiger partial charge on any atom is 0.0101 e. The molecule has 1 nitrogen and oxygen atoms in total. The molecule has 0 heterocycles. The first-order valence-electron chi connectivity index (χ1n) is 8.69. The fourth-order valence-corrected chi connectivity index (χ4v) is 5.00. The molecule has 0 radical (unpaired) electrons. The molecular weight excluding hydrogens is 262 g/mol. The van der Waals surface area contributed by atoms with Crippen LogP contribution >= 0.6 is 12.6 Å². The van der Waals surface area contributed by atoms with Gasteiger partial charge >= 0.3 is 0 Å². The Morgan fingerprint density at radius 2 is 1.05 bits per heavy atom. The molecule has 2 N–H and O–H groups in total. The maximum absolute atomic E-state index is 6.08. The summed E-state index contributed by atoms with van der Waals surface area (Å²) in [7, 11) is 0. The molecule has 2 aliphatic carbocycles. The van der Waals surface area contributed by atoms with Gasteiger partial charge in [-0.2, -0.15) is 12.6 Å². The predicted molar refractivity (Wildman–Crippen MR) is 92.2 cm³/mol. The van der Waals surface area contributed by atoms with E-state index in [2.05, 4.69) is 27.7 Å². The lowest BCUT2D eigenvalue weighted by Gasteiger charge is -2.47.